The van der Waals surface area contributed by atoms with Gasteiger partial charge in [0.05, 0.1) is 0 Å². The minimum atomic E-state index is 0.437. The van der Waals surface area contributed by atoms with E-state index in [-0.39, 0.29) is 0 Å². The number of nitrogens with one attached hydrogen (secondary N) is 1. The number of hydrogen-bond donors (Lipinski definition) is 3. The molecule has 0 aromatic heterocycles. The second-order valence-corrected chi connectivity index (χ2v) is 8.69. The fraction of sp³-hybridized carbons (Fsp3) is 1.00. The number of hydrogen-bond acceptors (Lipinski definition) is 5. The van der Waals surface area contributed by atoms with E-state index < -0.39 is 0 Å². The molecule has 6 atom stereocenters. The smallest absolute Gasteiger partial charge is 0.0254 e. The zero-order valence-electron chi connectivity index (χ0n) is 14.2. The molecule has 0 aromatic carbocycles. The lowest BCUT2D eigenvalue weighted by atomic mass is 9.85. The molecule has 0 radical (unpaired) electrons. The summed E-state index contributed by atoms with van der Waals surface area (Å²) in [5, 5.41) is 3.85. The van der Waals surface area contributed by atoms with Crippen molar-refractivity contribution in [3.8, 4) is 0 Å². The van der Waals surface area contributed by atoms with Gasteiger partial charge in [-0.3, -0.25) is 9.21 Å². The molecule has 2 bridgehead atoms. The van der Waals surface area contributed by atoms with Crippen molar-refractivity contribution in [2.24, 2.45) is 17.6 Å². The van der Waals surface area contributed by atoms with Crippen LogP contribution in [0.1, 0.15) is 45.4 Å². The summed E-state index contributed by atoms with van der Waals surface area (Å²) in [4.78, 5) is 2.67. The van der Waals surface area contributed by atoms with Crippen LogP contribution in [0.3, 0.4) is 0 Å². The van der Waals surface area contributed by atoms with E-state index in [0.29, 0.717) is 24.2 Å². The Morgan fingerprint density at radius 1 is 1.32 bits per heavy atom. The van der Waals surface area contributed by atoms with Gasteiger partial charge in [0.1, 0.15) is 0 Å². The lowest BCUT2D eigenvalue weighted by molar-refractivity contribution is 0.147. The number of thiol groups is 1. The van der Waals surface area contributed by atoms with Crippen LogP contribution in [-0.4, -0.2) is 60.1 Å². The van der Waals surface area contributed by atoms with Gasteiger partial charge in [-0.15, -0.1) is 0 Å². The molecule has 1 heterocycles. The lowest BCUT2D eigenvalue weighted by Gasteiger charge is -2.36. The van der Waals surface area contributed by atoms with E-state index >= 15 is 0 Å². The van der Waals surface area contributed by atoms with E-state index in [4.69, 9.17) is 5.73 Å². The summed E-state index contributed by atoms with van der Waals surface area (Å²) in [6.07, 6.45) is 8.04. The fourth-order valence-corrected chi connectivity index (χ4v) is 5.30. The molecule has 1 aliphatic heterocycles. The molecule has 5 heteroatoms. The first-order chi connectivity index (χ1) is 10.5. The first-order valence-corrected chi connectivity index (χ1v) is 9.59. The van der Waals surface area contributed by atoms with Gasteiger partial charge in [-0.25, -0.2) is 0 Å². The first-order valence-electron chi connectivity index (χ1n) is 9.19. The Morgan fingerprint density at radius 3 is 2.77 bits per heavy atom. The number of rotatable bonds is 6. The molecule has 0 aromatic rings. The zero-order valence-corrected chi connectivity index (χ0v) is 15.1. The van der Waals surface area contributed by atoms with Gasteiger partial charge in [-0.1, -0.05) is 19.2 Å². The maximum atomic E-state index is 6.34. The van der Waals surface area contributed by atoms with E-state index in [2.05, 4.69) is 37.0 Å². The molecular weight excluding hydrogens is 292 g/mol. The molecule has 1 saturated heterocycles. The largest absolute Gasteiger partial charge is 0.326 e. The molecular formula is C17H34N4S. The molecule has 2 aliphatic carbocycles. The highest BCUT2D eigenvalue weighted by atomic mass is 32.1. The Balaban J connectivity index is 1.42. The van der Waals surface area contributed by atoms with Crippen molar-refractivity contribution in [1.82, 2.24) is 14.5 Å². The summed E-state index contributed by atoms with van der Waals surface area (Å²) in [7, 11) is 2.06. The molecule has 3 rings (SSSR count). The van der Waals surface area contributed by atoms with Crippen molar-refractivity contribution in [3.63, 3.8) is 0 Å². The third-order valence-corrected chi connectivity index (χ3v) is 6.43. The number of likely N-dealkylation sites (tertiary alicyclic amines) is 1. The second kappa shape index (κ2) is 7.39. The quantitative estimate of drug-likeness (QED) is 0.651. The summed E-state index contributed by atoms with van der Waals surface area (Å²) in [5.41, 5.74) is 6.34. The van der Waals surface area contributed by atoms with Gasteiger partial charge in [0, 0.05) is 43.8 Å². The Bertz CT molecular complexity index is 365. The molecule has 3 aliphatic rings. The number of piperidine rings is 1. The van der Waals surface area contributed by atoms with Crippen LogP contribution in [0.5, 0.6) is 0 Å². The summed E-state index contributed by atoms with van der Waals surface area (Å²) in [6, 6.07) is 2.41. The Kier molecular flexibility index (Phi) is 5.72. The second-order valence-electron chi connectivity index (χ2n) is 8.01. The maximum absolute atomic E-state index is 6.34. The van der Waals surface area contributed by atoms with Crippen LogP contribution in [0.2, 0.25) is 0 Å². The Labute approximate surface area is 141 Å². The zero-order chi connectivity index (χ0) is 15.7. The normalized spacial score (nSPS) is 40.5. The monoisotopic (exact) mass is 326 g/mol. The number of fused-ring (bicyclic) bond motifs is 2. The van der Waals surface area contributed by atoms with Crippen molar-refractivity contribution < 1.29 is 0 Å². The summed E-state index contributed by atoms with van der Waals surface area (Å²) in [6.45, 7) is 5.83. The van der Waals surface area contributed by atoms with Crippen LogP contribution in [0, 0.1) is 11.8 Å². The molecule has 0 amide bonds. The Morgan fingerprint density at radius 2 is 2.14 bits per heavy atom. The highest BCUT2D eigenvalue weighted by Crippen LogP contribution is 2.37. The van der Waals surface area contributed by atoms with Crippen LogP contribution in [0.25, 0.3) is 0 Å². The minimum absolute atomic E-state index is 0.437. The Hall–Kier alpha value is 0.190. The van der Waals surface area contributed by atoms with Gasteiger partial charge in [-0.05, 0) is 57.9 Å². The topological polar surface area (TPSA) is 44.5 Å². The average Bonchev–Trinajstić information content (AvgIpc) is 3.00. The number of nitrogens with zero attached hydrogens (tertiary/aromatic N) is 2. The third-order valence-electron chi connectivity index (χ3n) is 6.27. The lowest BCUT2D eigenvalue weighted by Crippen LogP contribution is -2.49. The minimum Gasteiger partial charge on any atom is -0.326 e. The molecule has 22 heavy (non-hydrogen) atoms. The fourth-order valence-electron chi connectivity index (χ4n) is 5.07. The van der Waals surface area contributed by atoms with Crippen molar-refractivity contribution >= 4 is 12.8 Å². The van der Waals surface area contributed by atoms with Crippen LogP contribution in [0.4, 0.5) is 0 Å². The van der Waals surface area contributed by atoms with Crippen LogP contribution in [-0.2, 0) is 0 Å². The van der Waals surface area contributed by atoms with E-state index in [0.717, 1.165) is 24.9 Å². The molecule has 128 valence electrons. The van der Waals surface area contributed by atoms with Gasteiger partial charge in [-0.2, -0.15) is 0 Å². The maximum Gasteiger partial charge on any atom is 0.0254 e. The van der Waals surface area contributed by atoms with Gasteiger partial charge in [0.15, 0.2) is 0 Å². The standard InChI is InChI=1S/C17H34N4S/c1-12(21-11-14-6-7-16(21)17(14)18)9-19-15-5-3-4-13(8-15)10-20(2)22/h12-17,19,22H,3-11,18H2,1-2H3/t12?,13?,14?,15-,16?,17?/m1/s1. The number of nitrogens with two attached hydrogens (primary N) is 1. The van der Waals surface area contributed by atoms with Gasteiger partial charge >= 0.3 is 0 Å². The third kappa shape index (κ3) is 3.81. The molecule has 5 unspecified atom stereocenters. The van der Waals surface area contributed by atoms with E-state index in [1.807, 2.05) is 4.31 Å². The van der Waals surface area contributed by atoms with E-state index in [9.17, 15) is 0 Å². The van der Waals surface area contributed by atoms with Crippen LogP contribution in [0.15, 0.2) is 0 Å². The first kappa shape index (κ1) is 17.0. The van der Waals surface area contributed by atoms with E-state index in [1.165, 1.54) is 45.1 Å². The van der Waals surface area contributed by atoms with Crippen molar-refractivity contribution in [3.05, 3.63) is 0 Å². The predicted octanol–water partition coefficient (Wildman–Crippen LogP) is 1.72. The predicted molar refractivity (Wildman–Crippen MR) is 96.0 cm³/mol. The van der Waals surface area contributed by atoms with Crippen LogP contribution >= 0.6 is 12.8 Å². The van der Waals surface area contributed by atoms with E-state index in [1.54, 1.807) is 0 Å². The summed E-state index contributed by atoms with van der Waals surface area (Å²) >= 11 is 4.41. The van der Waals surface area contributed by atoms with Crippen LogP contribution < -0.4 is 11.1 Å². The molecule has 4 nitrogen and oxygen atoms in total. The SMILES string of the molecule is CC(CN[C@@H]1CCCC(CN(C)S)C1)N1CC2CCC1C2N. The van der Waals surface area contributed by atoms with Crippen molar-refractivity contribution in [1.29, 1.82) is 0 Å². The van der Waals surface area contributed by atoms with Gasteiger partial charge in [0.25, 0.3) is 0 Å². The highest BCUT2D eigenvalue weighted by Gasteiger charge is 2.46. The molecule has 2 saturated carbocycles. The molecule has 0 spiro atoms. The summed E-state index contributed by atoms with van der Waals surface area (Å²) in [5.74, 6) is 1.57. The molecule has 3 N–H and O–H groups in total. The van der Waals surface area contributed by atoms with Crippen molar-refractivity contribution in [2.75, 3.05) is 26.7 Å². The van der Waals surface area contributed by atoms with Gasteiger partial charge < -0.3 is 11.1 Å². The average molecular weight is 327 g/mol. The molecule has 3 fully saturated rings. The summed E-state index contributed by atoms with van der Waals surface area (Å²) < 4.78 is 2.04. The van der Waals surface area contributed by atoms with Crippen molar-refractivity contribution in [2.45, 2.75) is 69.6 Å². The highest BCUT2D eigenvalue weighted by molar-refractivity contribution is 7.77. The van der Waals surface area contributed by atoms with Gasteiger partial charge in [0.2, 0.25) is 0 Å².